The highest BCUT2D eigenvalue weighted by Crippen LogP contribution is 2.35. The molecule has 1 aliphatic carbocycles. The van der Waals surface area contributed by atoms with Crippen molar-refractivity contribution >= 4 is 28.4 Å². The van der Waals surface area contributed by atoms with Crippen LogP contribution >= 0.6 is 11.6 Å². The monoisotopic (exact) mass is 408 g/mol. The van der Waals surface area contributed by atoms with E-state index in [4.69, 9.17) is 11.6 Å². The fraction of sp³-hybridized carbons (Fsp3) is 0.400. The Hall–Kier alpha value is -2.26. The van der Waals surface area contributed by atoms with Crippen LogP contribution in [0.5, 0.6) is 0 Å². The Bertz CT molecular complexity index is 987. The van der Waals surface area contributed by atoms with Gasteiger partial charge in [-0.15, -0.1) is 0 Å². The first-order valence-electron chi connectivity index (χ1n) is 10.8. The lowest BCUT2D eigenvalue weighted by Gasteiger charge is -2.24. The first-order chi connectivity index (χ1) is 14.2. The van der Waals surface area contributed by atoms with Gasteiger partial charge in [-0.3, -0.25) is 4.79 Å². The quantitative estimate of drug-likeness (QED) is 0.511. The number of aromatic nitrogens is 1. The van der Waals surface area contributed by atoms with E-state index in [0.717, 1.165) is 24.9 Å². The van der Waals surface area contributed by atoms with Crippen molar-refractivity contribution in [3.8, 4) is 0 Å². The van der Waals surface area contributed by atoms with Gasteiger partial charge in [-0.05, 0) is 49.1 Å². The average molecular weight is 409 g/mol. The van der Waals surface area contributed by atoms with Crippen LogP contribution in [-0.2, 0) is 11.3 Å². The summed E-state index contributed by atoms with van der Waals surface area (Å²) in [6.07, 6.45) is 8.57. The van der Waals surface area contributed by atoms with E-state index in [2.05, 4.69) is 53.3 Å². The topological polar surface area (TPSA) is 34.0 Å². The number of nitrogens with zero attached hydrogens (tertiary/aromatic N) is 1. The zero-order valence-corrected chi connectivity index (χ0v) is 17.8. The van der Waals surface area contributed by atoms with Gasteiger partial charge in [-0.2, -0.15) is 0 Å². The Morgan fingerprint density at radius 2 is 1.93 bits per heavy atom. The molecule has 4 heteroatoms. The van der Waals surface area contributed by atoms with Crippen molar-refractivity contribution in [1.82, 2.24) is 9.88 Å². The van der Waals surface area contributed by atoms with Gasteiger partial charge in [0.25, 0.3) is 0 Å². The Morgan fingerprint density at radius 3 is 2.69 bits per heavy atom. The molecule has 1 unspecified atom stereocenters. The second-order valence-corrected chi connectivity index (χ2v) is 8.54. The number of carbonyl (C=O) groups is 1. The average Bonchev–Trinajstić information content (AvgIpc) is 3.11. The Morgan fingerprint density at radius 1 is 1.14 bits per heavy atom. The fourth-order valence-corrected chi connectivity index (χ4v) is 4.86. The van der Waals surface area contributed by atoms with E-state index in [1.807, 2.05) is 18.2 Å². The van der Waals surface area contributed by atoms with Gasteiger partial charge in [-0.1, -0.05) is 61.2 Å². The SMILES string of the molecule is CCn1cc(C(CC(=O)NC2CCCCC2)c2cccc(Cl)c2)c2ccccc21. The minimum absolute atomic E-state index is 0.0185. The van der Waals surface area contributed by atoms with Crippen LogP contribution in [0.15, 0.2) is 54.7 Å². The lowest BCUT2D eigenvalue weighted by Crippen LogP contribution is -2.36. The molecule has 1 atom stereocenters. The fourth-order valence-electron chi connectivity index (χ4n) is 4.66. The van der Waals surface area contributed by atoms with E-state index >= 15 is 0 Å². The van der Waals surface area contributed by atoms with E-state index in [9.17, 15) is 4.79 Å². The molecule has 1 saturated carbocycles. The number of rotatable bonds is 6. The van der Waals surface area contributed by atoms with Gasteiger partial charge in [0, 0.05) is 47.0 Å². The molecule has 0 bridgehead atoms. The first-order valence-corrected chi connectivity index (χ1v) is 11.2. The smallest absolute Gasteiger partial charge is 0.221 e. The predicted molar refractivity (Wildman–Crippen MR) is 121 cm³/mol. The molecule has 0 aliphatic heterocycles. The molecular weight excluding hydrogens is 380 g/mol. The third-order valence-corrected chi connectivity index (χ3v) is 6.38. The molecule has 1 N–H and O–H groups in total. The highest BCUT2D eigenvalue weighted by molar-refractivity contribution is 6.30. The molecule has 152 valence electrons. The van der Waals surface area contributed by atoms with Gasteiger partial charge < -0.3 is 9.88 Å². The summed E-state index contributed by atoms with van der Waals surface area (Å²) < 4.78 is 2.27. The van der Waals surface area contributed by atoms with Gasteiger partial charge in [0.2, 0.25) is 5.91 Å². The minimum Gasteiger partial charge on any atom is -0.353 e. The van der Waals surface area contributed by atoms with Crippen LogP contribution in [0.25, 0.3) is 10.9 Å². The number of halogens is 1. The van der Waals surface area contributed by atoms with Crippen LogP contribution in [0.1, 0.15) is 62.5 Å². The molecule has 0 spiro atoms. The van der Waals surface area contributed by atoms with Crippen molar-refractivity contribution in [2.45, 2.75) is 64.0 Å². The van der Waals surface area contributed by atoms with Crippen LogP contribution < -0.4 is 5.32 Å². The van der Waals surface area contributed by atoms with Crippen LogP contribution in [0.4, 0.5) is 0 Å². The Kier molecular flexibility index (Phi) is 6.25. The third-order valence-electron chi connectivity index (χ3n) is 6.15. The highest BCUT2D eigenvalue weighted by Gasteiger charge is 2.24. The summed E-state index contributed by atoms with van der Waals surface area (Å²) in [5.74, 6) is 0.116. The maximum atomic E-state index is 13.0. The zero-order chi connectivity index (χ0) is 20.2. The van der Waals surface area contributed by atoms with E-state index in [1.54, 1.807) is 0 Å². The molecule has 1 aliphatic rings. The first kappa shape index (κ1) is 20.0. The van der Waals surface area contributed by atoms with Crippen LogP contribution in [0, 0.1) is 0 Å². The molecule has 1 fully saturated rings. The van der Waals surface area contributed by atoms with Gasteiger partial charge in [0.1, 0.15) is 0 Å². The van der Waals surface area contributed by atoms with Crippen molar-refractivity contribution in [2.75, 3.05) is 0 Å². The van der Waals surface area contributed by atoms with Crippen LogP contribution in [0.3, 0.4) is 0 Å². The number of benzene rings is 2. The summed E-state index contributed by atoms with van der Waals surface area (Å²) in [5.41, 5.74) is 3.50. The molecule has 3 nitrogen and oxygen atoms in total. The Labute approximate surface area is 178 Å². The summed E-state index contributed by atoms with van der Waals surface area (Å²) in [6.45, 7) is 3.05. The minimum atomic E-state index is -0.0185. The van der Waals surface area contributed by atoms with Crippen LogP contribution in [-0.4, -0.2) is 16.5 Å². The van der Waals surface area contributed by atoms with Crippen molar-refractivity contribution in [3.05, 3.63) is 70.9 Å². The Balaban J connectivity index is 1.69. The van der Waals surface area contributed by atoms with Crippen molar-refractivity contribution < 1.29 is 4.79 Å². The predicted octanol–water partition coefficient (Wildman–Crippen LogP) is 6.29. The van der Waals surface area contributed by atoms with Gasteiger partial charge in [0.05, 0.1) is 0 Å². The van der Waals surface area contributed by atoms with Crippen molar-refractivity contribution in [1.29, 1.82) is 0 Å². The second kappa shape index (κ2) is 9.04. The van der Waals surface area contributed by atoms with E-state index in [-0.39, 0.29) is 11.8 Å². The third kappa shape index (κ3) is 4.51. The summed E-state index contributed by atoms with van der Waals surface area (Å²) in [4.78, 5) is 13.0. The zero-order valence-electron chi connectivity index (χ0n) is 17.0. The number of fused-ring (bicyclic) bond motifs is 1. The molecule has 2 aromatic carbocycles. The summed E-state index contributed by atoms with van der Waals surface area (Å²) >= 11 is 6.31. The summed E-state index contributed by atoms with van der Waals surface area (Å²) in [5, 5.41) is 5.21. The van der Waals surface area contributed by atoms with Crippen molar-refractivity contribution in [3.63, 3.8) is 0 Å². The molecule has 4 rings (SSSR count). The van der Waals surface area contributed by atoms with E-state index in [0.29, 0.717) is 17.5 Å². The standard InChI is InChI=1S/C25H29ClN2O/c1-2-28-17-23(21-13-6-7-14-24(21)28)22(18-9-8-10-19(26)15-18)16-25(29)27-20-11-4-3-5-12-20/h6-10,13-15,17,20,22H,2-5,11-12,16H2,1H3,(H,27,29). The van der Waals surface area contributed by atoms with Gasteiger partial charge in [0.15, 0.2) is 0 Å². The van der Waals surface area contributed by atoms with Gasteiger partial charge in [-0.25, -0.2) is 0 Å². The van der Waals surface area contributed by atoms with Crippen molar-refractivity contribution in [2.24, 2.45) is 0 Å². The molecule has 1 heterocycles. The number of carbonyl (C=O) groups excluding carboxylic acids is 1. The molecule has 0 saturated heterocycles. The number of hydrogen-bond donors (Lipinski definition) is 1. The van der Waals surface area contributed by atoms with Gasteiger partial charge >= 0.3 is 0 Å². The molecule has 1 amide bonds. The lowest BCUT2D eigenvalue weighted by atomic mass is 9.87. The van der Waals surface area contributed by atoms with E-state index in [1.165, 1.54) is 35.7 Å². The second-order valence-electron chi connectivity index (χ2n) is 8.10. The maximum Gasteiger partial charge on any atom is 0.221 e. The highest BCUT2D eigenvalue weighted by atomic mass is 35.5. The molecule has 1 aromatic heterocycles. The lowest BCUT2D eigenvalue weighted by molar-refractivity contribution is -0.122. The summed E-state index contributed by atoms with van der Waals surface area (Å²) in [7, 11) is 0. The number of para-hydroxylation sites is 1. The molecular formula is C25H29ClN2O. The normalized spacial score (nSPS) is 16.1. The molecule has 0 radical (unpaired) electrons. The van der Waals surface area contributed by atoms with E-state index < -0.39 is 0 Å². The number of hydrogen-bond acceptors (Lipinski definition) is 1. The molecule has 29 heavy (non-hydrogen) atoms. The molecule has 3 aromatic rings. The number of nitrogens with one attached hydrogen (secondary N) is 1. The number of aryl methyl sites for hydroxylation is 1. The maximum absolute atomic E-state index is 13.0. The number of amides is 1. The summed E-state index contributed by atoms with van der Waals surface area (Å²) in [6, 6.07) is 16.7. The van der Waals surface area contributed by atoms with Crippen LogP contribution in [0.2, 0.25) is 5.02 Å². The largest absolute Gasteiger partial charge is 0.353 e.